The van der Waals surface area contributed by atoms with Gasteiger partial charge in [0.1, 0.15) is 0 Å². The highest BCUT2D eigenvalue weighted by molar-refractivity contribution is 7.92. The van der Waals surface area contributed by atoms with Crippen LogP contribution in [-0.4, -0.2) is 20.4 Å². The van der Waals surface area contributed by atoms with Gasteiger partial charge in [0.25, 0.3) is 15.9 Å². The smallest absolute Gasteiger partial charge is 0.261 e. The third-order valence-electron chi connectivity index (χ3n) is 5.15. The van der Waals surface area contributed by atoms with E-state index in [0.29, 0.717) is 11.3 Å². The molecule has 0 aromatic heterocycles. The van der Waals surface area contributed by atoms with E-state index in [9.17, 15) is 13.2 Å². The minimum atomic E-state index is -3.69. The quantitative estimate of drug-likeness (QED) is 0.768. The summed E-state index contributed by atoms with van der Waals surface area (Å²) in [5, 5.41) is 3.11. The Morgan fingerprint density at radius 3 is 2.25 bits per heavy atom. The molecule has 1 fully saturated rings. The number of carbonyl (C=O) groups excluding carboxylic acids is 1. The topological polar surface area (TPSA) is 75.3 Å². The first-order valence-electron chi connectivity index (χ1n) is 9.94. The van der Waals surface area contributed by atoms with Gasteiger partial charge < -0.3 is 5.32 Å². The van der Waals surface area contributed by atoms with E-state index in [1.807, 2.05) is 6.92 Å². The molecule has 2 aromatic carbocycles. The van der Waals surface area contributed by atoms with E-state index in [4.69, 9.17) is 0 Å². The Hall–Kier alpha value is -2.34. The second-order valence-corrected chi connectivity index (χ2v) is 9.20. The van der Waals surface area contributed by atoms with Crippen LogP contribution in [0.5, 0.6) is 0 Å². The summed E-state index contributed by atoms with van der Waals surface area (Å²) >= 11 is 0. The number of hydrogen-bond donors (Lipinski definition) is 2. The van der Waals surface area contributed by atoms with Gasteiger partial charge in [-0.2, -0.15) is 0 Å². The Morgan fingerprint density at radius 2 is 1.57 bits per heavy atom. The van der Waals surface area contributed by atoms with Gasteiger partial charge in [0.2, 0.25) is 0 Å². The lowest BCUT2D eigenvalue weighted by molar-refractivity contribution is 0.0930. The van der Waals surface area contributed by atoms with Crippen LogP contribution in [0.3, 0.4) is 0 Å². The van der Waals surface area contributed by atoms with Crippen LogP contribution in [0, 0.1) is 6.92 Å². The molecule has 0 unspecified atom stereocenters. The van der Waals surface area contributed by atoms with Gasteiger partial charge in [0.05, 0.1) is 4.90 Å². The van der Waals surface area contributed by atoms with Gasteiger partial charge >= 0.3 is 0 Å². The second-order valence-electron chi connectivity index (χ2n) is 7.51. The molecule has 1 saturated carbocycles. The molecule has 2 aromatic rings. The monoisotopic (exact) mass is 400 g/mol. The predicted octanol–water partition coefficient (Wildman–Crippen LogP) is 4.64. The Labute approximate surface area is 167 Å². The summed E-state index contributed by atoms with van der Waals surface area (Å²) in [5.74, 6) is -0.151. The number of rotatable bonds is 5. The standard InChI is InChI=1S/C22H28N2O3S/c1-17-12-14-21(15-13-17)28(26,27)24-20-11-7-8-18(16-20)22(25)23-19-9-5-3-2-4-6-10-19/h7-8,11-16,19,24H,2-6,9-10H2,1H3,(H,23,25). The Kier molecular flexibility index (Phi) is 6.73. The van der Waals surface area contributed by atoms with Crippen LogP contribution in [0.15, 0.2) is 53.4 Å². The molecule has 0 bridgehead atoms. The number of hydrogen-bond acceptors (Lipinski definition) is 3. The van der Waals surface area contributed by atoms with Gasteiger partial charge in [0, 0.05) is 17.3 Å². The summed E-state index contributed by atoms with van der Waals surface area (Å²) in [7, 11) is -3.69. The zero-order valence-corrected chi connectivity index (χ0v) is 17.1. The van der Waals surface area contributed by atoms with Crippen molar-refractivity contribution in [1.82, 2.24) is 5.32 Å². The molecule has 28 heavy (non-hydrogen) atoms. The van der Waals surface area contributed by atoms with Crippen molar-refractivity contribution in [3.63, 3.8) is 0 Å². The molecule has 3 rings (SSSR count). The van der Waals surface area contributed by atoms with Gasteiger partial charge in [-0.3, -0.25) is 9.52 Å². The van der Waals surface area contributed by atoms with E-state index in [1.54, 1.807) is 48.5 Å². The Balaban J connectivity index is 1.69. The van der Waals surface area contributed by atoms with Crippen molar-refractivity contribution in [2.24, 2.45) is 0 Å². The lowest BCUT2D eigenvalue weighted by atomic mass is 9.96. The molecule has 0 saturated heterocycles. The lowest BCUT2D eigenvalue weighted by Gasteiger charge is -2.21. The molecule has 1 amide bonds. The first kappa shape index (κ1) is 20.4. The van der Waals surface area contributed by atoms with Crippen LogP contribution in [0.4, 0.5) is 5.69 Å². The van der Waals surface area contributed by atoms with E-state index < -0.39 is 10.0 Å². The van der Waals surface area contributed by atoms with Crippen LogP contribution in [0.1, 0.15) is 60.9 Å². The van der Waals surface area contributed by atoms with Gasteiger partial charge in [-0.1, -0.05) is 55.9 Å². The number of aryl methyl sites for hydroxylation is 1. The molecule has 6 heteroatoms. The minimum absolute atomic E-state index is 0.151. The van der Waals surface area contributed by atoms with Crippen molar-refractivity contribution >= 4 is 21.6 Å². The van der Waals surface area contributed by atoms with Gasteiger partial charge in [-0.15, -0.1) is 0 Å². The largest absolute Gasteiger partial charge is 0.349 e. The van der Waals surface area contributed by atoms with Crippen LogP contribution in [-0.2, 0) is 10.0 Å². The molecule has 0 heterocycles. The van der Waals surface area contributed by atoms with Crippen LogP contribution >= 0.6 is 0 Å². The van der Waals surface area contributed by atoms with E-state index in [0.717, 1.165) is 31.2 Å². The number of nitrogens with one attached hydrogen (secondary N) is 2. The molecule has 0 aliphatic heterocycles. The zero-order chi connectivity index (χ0) is 20.0. The molecule has 150 valence electrons. The summed E-state index contributed by atoms with van der Waals surface area (Å²) in [6.07, 6.45) is 8.02. The molecule has 0 spiro atoms. The lowest BCUT2D eigenvalue weighted by Crippen LogP contribution is -2.35. The summed E-state index contributed by atoms with van der Waals surface area (Å²) in [4.78, 5) is 12.8. The van der Waals surface area contributed by atoms with Crippen molar-refractivity contribution in [3.8, 4) is 0 Å². The molecule has 0 atom stereocenters. The van der Waals surface area contributed by atoms with Crippen molar-refractivity contribution in [2.75, 3.05) is 4.72 Å². The average Bonchev–Trinajstić information content (AvgIpc) is 2.64. The second kappa shape index (κ2) is 9.24. The highest BCUT2D eigenvalue weighted by Gasteiger charge is 2.17. The zero-order valence-electron chi connectivity index (χ0n) is 16.3. The number of sulfonamides is 1. The summed E-state index contributed by atoms with van der Waals surface area (Å²) in [6.45, 7) is 1.90. The average molecular weight is 401 g/mol. The summed E-state index contributed by atoms with van der Waals surface area (Å²) < 4.78 is 27.7. The summed E-state index contributed by atoms with van der Waals surface area (Å²) in [5.41, 5.74) is 1.84. The first-order valence-corrected chi connectivity index (χ1v) is 11.4. The number of anilines is 1. The van der Waals surface area contributed by atoms with Gasteiger partial charge in [-0.05, 0) is 50.1 Å². The van der Waals surface area contributed by atoms with Crippen LogP contribution < -0.4 is 10.0 Å². The van der Waals surface area contributed by atoms with Gasteiger partial charge in [0.15, 0.2) is 0 Å². The normalized spacial score (nSPS) is 16.0. The minimum Gasteiger partial charge on any atom is -0.349 e. The molecular formula is C22H28N2O3S. The van der Waals surface area contributed by atoms with E-state index in [-0.39, 0.29) is 16.8 Å². The maximum absolute atomic E-state index is 12.6. The highest BCUT2D eigenvalue weighted by Crippen LogP contribution is 2.20. The third kappa shape index (κ3) is 5.58. The van der Waals surface area contributed by atoms with Gasteiger partial charge in [-0.25, -0.2) is 8.42 Å². The fourth-order valence-electron chi connectivity index (χ4n) is 3.52. The SMILES string of the molecule is Cc1ccc(S(=O)(=O)Nc2cccc(C(=O)NC3CCCCCCC3)c2)cc1. The first-order chi connectivity index (χ1) is 13.4. The highest BCUT2D eigenvalue weighted by atomic mass is 32.2. The van der Waals surface area contributed by atoms with E-state index >= 15 is 0 Å². The molecule has 1 aliphatic rings. The molecule has 2 N–H and O–H groups in total. The maximum atomic E-state index is 12.6. The number of benzene rings is 2. The van der Waals surface area contributed by atoms with Crippen molar-refractivity contribution in [1.29, 1.82) is 0 Å². The molecule has 5 nitrogen and oxygen atoms in total. The fraction of sp³-hybridized carbons (Fsp3) is 0.409. The van der Waals surface area contributed by atoms with Crippen molar-refractivity contribution < 1.29 is 13.2 Å². The fourth-order valence-corrected chi connectivity index (χ4v) is 4.57. The van der Waals surface area contributed by atoms with E-state index in [2.05, 4.69) is 10.0 Å². The number of amides is 1. The van der Waals surface area contributed by atoms with Crippen LogP contribution in [0.25, 0.3) is 0 Å². The molecular weight excluding hydrogens is 372 g/mol. The Morgan fingerprint density at radius 1 is 0.929 bits per heavy atom. The number of carbonyl (C=O) groups is 1. The van der Waals surface area contributed by atoms with E-state index in [1.165, 1.54) is 19.3 Å². The Bertz CT molecular complexity index is 900. The predicted molar refractivity (Wildman–Crippen MR) is 112 cm³/mol. The third-order valence-corrected chi connectivity index (χ3v) is 6.55. The molecule has 1 aliphatic carbocycles. The maximum Gasteiger partial charge on any atom is 0.261 e. The summed E-state index contributed by atoms with van der Waals surface area (Å²) in [6, 6.07) is 13.5. The van der Waals surface area contributed by atoms with Crippen molar-refractivity contribution in [3.05, 3.63) is 59.7 Å². The molecule has 0 radical (unpaired) electrons. The van der Waals surface area contributed by atoms with Crippen LogP contribution in [0.2, 0.25) is 0 Å². The van der Waals surface area contributed by atoms with Crippen molar-refractivity contribution in [2.45, 2.75) is 62.8 Å².